The average molecular weight is 855 g/mol. The zero-order valence-corrected chi connectivity index (χ0v) is 37.1. The van der Waals surface area contributed by atoms with Gasteiger partial charge in [-0.1, -0.05) is 53.5 Å². The largest absolute Gasteiger partial charge is 0.475 e. The number of fused-ring (bicyclic) bond motifs is 7. The Morgan fingerprint density at radius 3 is 2.46 bits per heavy atom. The first-order valence-corrected chi connectivity index (χ1v) is 24.2. The van der Waals surface area contributed by atoms with Crippen molar-refractivity contribution in [3.8, 4) is 40.4 Å². The molecule has 5 aliphatic heterocycles. The second-order valence-corrected chi connectivity index (χ2v) is 24.0. The van der Waals surface area contributed by atoms with Crippen molar-refractivity contribution < 1.29 is 37.6 Å². The molecule has 4 fully saturated rings. The molecule has 0 aliphatic carbocycles. The highest BCUT2D eigenvalue weighted by Gasteiger charge is 2.51. The maximum Gasteiger partial charge on any atom is 0.407 e. The lowest BCUT2D eigenvalue weighted by Crippen LogP contribution is -2.62. The monoisotopic (exact) mass is 854 g/mol. The lowest BCUT2D eigenvalue weighted by atomic mass is 9.95. The van der Waals surface area contributed by atoms with Crippen LogP contribution in [-0.4, -0.2) is 114 Å². The maximum atomic E-state index is 17.9. The first-order chi connectivity index (χ1) is 29.3. The number of ether oxygens (including phenoxy) is 4. The van der Waals surface area contributed by atoms with Crippen molar-refractivity contribution in [2.45, 2.75) is 127 Å². The molecule has 1 N–H and O–H groups in total. The number of pyridine rings is 1. The Balaban J connectivity index is 1.25. The van der Waals surface area contributed by atoms with E-state index in [0.717, 1.165) is 25.8 Å². The van der Waals surface area contributed by atoms with Crippen molar-refractivity contribution >= 4 is 41.7 Å². The highest BCUT2D eigenvalue weighted by atomic mass is 28.3. The molecule has 4 saturated heterocycles. The third-order valence-electron chi connectivity index (χ3n) is 14.4. The predicted octanol–water partition coefficient (Wildman–Crippen LogP) is 8.77. The van der Waals surface area contributed by atoms with Crippen LogP contribution < -0.4 is 19.1 Å². The number of benzene rings is 2. The molecule has 5 atom stereocenters. The van der Waals surface area contributed by atoms with Crippen LogP contribution in [0.3, 0.4) is 0 Å². The summed E-state index contributed by atoms with van der Waals surface area (Å²) in [6.07, 6.45) is 4.84. The van der Waals surface area contributed by atoms with Crippen molar-refractivity contribution in [2.75, 3.05) is 45.1 Å². The molecule has 2 aromatic carbocycles. The SMILES string of the molecule is COCOc1cc(-c2nc3c4c(nc(OCC5CCC6CCCN65)nc4c2F)N2CC4CCC(C2CO3)N4C(=O)O)c2c(C#C[Si](C(C)C)(C(C)C)C(C)C)c(F)ccc2c1. The van der Waals surface area contributed by atoms with Crippen LogP contribution in [0, 0.1) is 23.1 Å². The summed E-state index contributed by atoms with van der Waals surface area (Å²) >= 11 is 0. The molecule has 2 bridgehead atoms. The molecule has 0 spiro atoms. The fraction of sp³-hybridized carbons (Fsp3) is 0.565. The van der Waals surface area contributed by atoms with Gasteiger partial charge in [0.25, 0.3) is 0 Å². The van der Waals surface area contributed by atoms with Gasteiger partial charge in [0, 0.05) is 36.7 Å². The van der Waals surface area contributed by atoms with Crippen LogP contribution in [0.15, 0.2) is 24.3 Å². The van der Waals surface area contributed by atoms with E-state index in [2.05, 4.69) is 57.9 Å². The molecular formula is C46H56F2N6O6Si. The number of hydrogen-bond donors (Lipinski definition) is 1. The lowest BCUT2D eigenvalue weighted by molar-refractivity contribution is 0.0512. The van der Waals surface area contributed by atoms with Gasteiger partial charge in [-0.3, -0.25) is 9.80 Å². The standard InChI is InChI=1S/C46H56F2N6O6Si/c1-25(2)61(26(3)4,27(5)6)18-16-33-35(47)14-10-28-19-32(60-24-57-7)20-34(38(28)33)41-40(48)42-39-43(51-45(50-42)59-22-31-12-11-29-9-8-17-52(29)31)53-21-30-13-15-36(54(30)46(55)56)37(53)23-58-44(39)49-41/h10,14,19-20,25-27,29-31,36-37H,8-9,11-13,15,17,21-24H2,1-7H3,(H,55,56). The Kier molecular flexibility index (Phi) is 11.0. The van der Waals surface area contributed by atoms with Crippen molar-refractivity contribution in [3.63, 3.8) is 0 Å². The molecule has 7 heterocycles. The van der Waals surface area contributed by atoms with Gasteiger partial charge in [0.2, 0.25) is 5.88 Å². The number of rotatable bonds is 10. The van der Waals surface area contributed by atoms with Crippen molar-refractivity contribution in [1.82, 2.24) is 24.8 Å². The molecule has 4 aromatic rings. The predicted molar refractivity (Wildman–Crippen MR) is 232 cm³/mol. The number of hydrogen-bond acceptors (Lipinski definition) is 10. The first kappa shape index (κ1) is 41.6. The summed E-state index contributed by atoms with van der Waals surface area (Å²) < 4.78 is 58.5. The summed E-state index contributed by atoms with van der Waals surface area (Å²) in [6.45, 7) is 15.0. The van der Waals surface area contributed by atoms with Gasteiger partial charge < -0.3 is 29.0 Å². The van der Waals surface area contributed by atoms with Crippen LogP contribution in [0.1, 0.15) is 85.6 Å². The van der Waals surface area contributed by atoms with Gasteiger partial charge in [-0.2, -0.15) is 9.97 Å². The maximum absolute atomic E-state index is 17.9. The third kappa shape index (κ3) is 6.93. The van der Waals surface area contributed by atoms with E-state index in [1.807, 2.05) is 4.90 Å². The number of aromatic nitrogens is 3. The first-order valence-electron chi connectivity index (χ1n) is 21.9. The molecule has 324 valence electrons. The summed E-state index contributed by atoms with van der Waals surface area (Å²) in [7, 11) is -0.823. The van der Waals surface area contributed by atoms with Gasteiger partial charge in [0.15, 0.2) is 12.6 Å². The number of carboxylic acid groups (broad SMARTS) is 1. The van der Waals surface area contributed by atoms with Gasteiger partial charge >= 0.3 is 12.1 Å². The molecule has 9 rings (SSSR count). The molecule has 12 nitrogen and oxygen atoms in total. The zero-order valence-electron chi connectivity index (χ0n) is 36.1. The fourth-order valence-electron chi connectivity index (χ4n) is 11.7. The topological polar surface area (TPSA) is 123 Å². The minimum absolute atomic E-state index is 0.0257. The minimum Gasteiger partial charge on any atom is -0.475 e. The second kappa shape index (κ2) is 16.2. The van der Waals surface area contributed by atoms with Crippen molar-refractivity contribution in [3.05, 3.63) is 41.5 Å². The Labute approximate surface area is 356 Å². The average Bonchev–Trinajstić information content (AvgIpc) is 3.91. The number of amides is 1. The summed E-state index contributed by atoms with van der Waals surface area (Å²) in [5, 5.41) is 11.5. The van der Waals surface area contributed by atoms with Gasteiger partial charge in [-0.25, -0.2) is 18.6 Å². The Morgan fingerprint density at radius 1 is 0.951 bits per heavy atom. The lowest BCUT2D eigenvalue weighted by Gasteiger charge is -2.45. The fourth-order valence-corrected chi connectivity index (χ4v) is 16.9. The highest BCUT2D eigenvalue weighted by Crippen LogP contribution is 2.47. The third-order valence-corrected chi connectivity index (χ3v) is 20.7. The molecule has 61 heavy (non-hydrogen) atoms. The highest BCUT2D eigenvalue weighted by molar-refractivity contribution is 6.90. The summed E-state index contributed by atoms with van der Waals surface area (Å²) in [6, 6.07) is 6.18. The zero-order chi connectivity index (χ0) is 42.9. The number of halogens is 2. The van der Waals surface area contributed by atoms with Gasteiger partial charge in [0.1, 0.15) is 55.3 Å². The van der Waals surface area contributed by atoms with Crippen LogP contribution in [-0.2, 0) is 4.74 Å². The minimum atomic E-state index is -2.33. The van der Waals surface area contributed by atoms with Crippen molar-refractivity contribution in [2.24, 2.45) is 0 Å². The van der Waals surface area contributed by atoms with Crippen LogP contribution in [0.5, 0.6) is 17.6 Å². The van der Waals surface area contributed by atoms with E-state index >= 15 is 8.78 Å². The van der Waals surface area contributed by atoms with Gasteiger partial charge in [-0.15, -0.1) is 5.54 Å². The van der Waals surface area contributed by atoms with E-state index in [4.69, 9.17) is 33.9 Å². The number of carbonyl (C=O) groups is 1. The van der Waals surface area contributed by atoms with Crippen LogP contribution in [0.2, 0.25) is 16.6 Å². The summed E-state index contributed by atoms with van der Waals surface area (Å²) in [4.78, 5) is 33.3. The van der Waals surface area contributed by atoms with Crippen molar-refractivity contribution in [1.29, 1.82) is 0 Å². The summed E-state index contributed by atoms with van der Waals surface area (Å²) in [5.74, 6) is 2.92. The van der Waals surface area contributed by atoms with E-state index in [1.165, 1.54) is 24.5 Å². The number of methoxy groups -OCH3 is 1. The van der Waals surface area contributed by atoms with Crippen LogP contribution in [0.25, 0.3) is 32.9 Å². The van der Waals surface area contributed by atoms with Gasteiger partial charge in [-0.05, 0) is 85.3 Å². The van der Waals surface area contributed by atoms with Crippen LogP contribution in [0.4, 0.5) is 19.4 Å². The quantitative estimate of drug-likeness (QED) is 0.0936. The number of nitrogens with zero attached hydrogens (tertiary/aromatic N) is 6. The Morgan fingerprint density at radius 2 is 1.72 bits per heavy atom. The Bertz CT molecular complexity index is 2420. The molecule has 2 aromatic heterocycles. The summed E-state index contributed by atoms with van der Waals surface area (Å²) in [5.41, 5.74) is 4.82. The van der Waals surface area contributed by atoms with E-state index in [9.17, 15) is 9.90 Å². The van der Waals surface area contributed by atoms with E-state index in [0.29, 0.717) is 71.0 Å². The van der Waals surface area contributed by atoms with Gasteiger partial charge in [0.05, 0.1) is 23.7 Å². The van der Waals surface area contributed by atoms with E-state index in [-0.39, 0.29) is 71.1 Å². The molecular weight excluding hydrogens is 799 g/mol. The van der Waals surface area contributed by atoms with E-state index in [1.54, 1.807) is 18.2 Å². The molecule has 5 unspecified atom stereocenters. The van der Waals surface area contributed by atoms with Crippen LogP contribution >= 0.6 is 0 Å². The smallest absolute Gasteiger partial charge is 0.407 e. The Hall–Kier alpha value is -4.78. The normalized spacial score (nSPS) is 23.4. The molecule has 0 saturated carbocycles. The number of anilines is 1. The second-order valence-electron chi connectivity index (χ2n) is 18.4. The number of piperazine rings is 1. The molecule has 15 heteroatoms. The molecule has 5 aliphatic rings. The molecule has 1 amide bonds. The molecule has 0 radical (unpaired) electrons. The van der Waals surface area contributed by atoms with E-state index < -0.39 is 31.8 Å².